The number of carbonyl (C=O) groups is 3. The largest absolute Gasteiger partial charge is 0.477 e. The Morgan fingerprint density at radius 2 is 1.71 bits per heavy atom. The van der Waals surface area contributed by atoms with Crippen molar-refractivity contribution in [2.45, 2.75) is 38.1 Å². The van der Waals surface area contributed by atoms with Gasteiger partial charge in [-0.1, -0.05) is 68.3 Å². The zero-order chi connectivity index (χ0) is 24.9. The second kappa shape index (κ2) is 10.4. The number of hydrogen-bond donors (Lipinski definition) is 3. The lowest BCUT2D eigenvalue weighted by Gasteiger charge is -2.19. The number of carboxylic acid groups (broad SMARTS) is 1. The summed E-state index contributed by atoms with van der Waals surface area (Å²) in [6.45, 7) is 2.13. The number of alkyl carbamates (subject to hydrolysis) is 1. The Hall–Kier alpha value is -4.14. The number of rotatable bonds is 9. The molecule has 0 spiro atoms. The Balaban J connectivity index is 1.41. The third-order valence-corrected chi connectivity index (χ3v) is 6.15. The third-order valence-electron chi connectivity index (χ3n) is 6.15. The number of aryl methyl sites for hydroxylation is 1. The number of carbonyl (C=O) groups excluding carboxylic acids is 2. The number of carboxylic acids is 1. The van der Waals surface area contributed by atoms with Crippen LogP contribution in [-0.2, 0) is 16.6 Å². The SMILES string of the molecule is CCCC[C@H](NC(=O)OCC1c2ccccc2-c2ccccc21)C(=O)Nc1cc(C(=O)O)n(C)n1. The molecule has 0 saturated carbocycles. The summed E-state index contributed by atoms with van der Waals surface area (Å²) in [6, 6.07) is 16.5. The summed E-state index contributed by atoms with van der Waals surface area (Å²) in [5.41, 5.74) is 4.41. The fourth-order valence-corrected chi connectivity index (χ4v) is 4.40. The lowest BCUT2D eigenvalue weighted by Crippen LogP contribution is -2.44. The fourth-order valence-electron chi connectivity index (χ4n) is 4.40. The topological polar surface area (TPSA) is 123 Å². The van der Waals surface area contributed by atoms with Crippen LogP contribution in [-0.4, -0.2) is 45.5 Å². The van der Waals surface area contributed by atoms with Gasteiger partial charge < -0.3 is 20.5 Å². The average Bonchev–Trinajstić information content (AvgIpc) is 3.37. The molecule has 1 heterocycles. The summed E-state index contributed by atoms with van der Waals surface area (Å²) >= 11 is 0. The molecule has 1 aliphatic carbocycles. The number of nitrogens with zero attached hydrogens (tertiary/aromatic N) is 2. The molecule has 9 nitrogen and oxygen atoms in total. The molecule has 1 aromatic heterocycles. The van der Waals surface area contributed by atoms with Crippen LogP contribution in [0.4, 0.5) is 10.6 Å². The molecule has 0 bridgehead atoms. The Bertz CT molecular complexity index is 1210. The minimum atomic E-state index is -1.15. The van der Waals surface area contributed by atoms with Gasteiger partial charge >= 0.3 is 12.1 Å². The molecule has 9 heteroatoms. The summed E-state index contributed by atoms with van der Waals surface area (Å²) in [7, 11) is 1.47. The van der Waals surface area contributed by atoms with Crippen molar-refractivity contribution in [3.05, 3.63) is 71.4 Å². The number of aromatic nitrogens is 2. The van der Waals surface area contributed by atoms with E-state index in [1.807, 2.05) is 43.3 Å². The van der Waals surface area contributed by atoms with E-state index >= 15 is 0 Å². The predicted molar refractivity (Wildman–Crippen MR) is 130 cm³/mol. The van der Waals surface area contributed by atoms with Gasteiger partial charge in [-0.05, 0) is 28.7 Å². The smallest absolute Gasteiger partial charge is 0.407 e. The van der Waals surface area contributed by atoms with Gasteiger partial charge in [0.05, 0.1) is 0 Å². The molecule has 0 aliphatic heterocycles. The lowest BCUT2D eigenvalue weighted by atomic mass is 9.98. The first-order chi connectivity index (χ1) is 16.9. The van der Waals surface area contributed by atoms with Crippen molar-refractivity contribution in [1.29, 1.82) is 0 Å². The average molecular weight is 477 g/mol. The van der Waals surface area contributed by atoms with Crippen LogP contribution in [0.25, 0.3) is 11.1 Å². The van der Waals surface area contributed by atoms with Gasteiger partial charge in [-0.2, -0.15) is 5.10 Å². The molecule has 35 heavy (non-hydrogen) atoms. The molecule has 0 saturated heterocycles. The number of amides is 2. The summed E-state index contributed by atoms with van der Waals surface area (Å²) < 4.78 is 6.74. The maximum Gasteiger partial charge on any atom is 0.407 e. The molecule has 2 aromatic carbocycles. The van der Waals surface area contributed by atoms with Crippen molar-refractivity contribution in [1.82, 2.24) is 15.1 Å². The summed E-state index contributed by atoms with van der Waals surface area (Å²) in [6.07, 6.45) is 1.27. The van der Waals surface area contributed by atoms with Gasteiger partial charge in [-0.25, -0.2) is 9.59 Å². The Labute approximate surface area is 203 Å². The highest BCUT2D eigenvalue weighted by Gasteiger charge is 2.30. The van der Waals surface area contributed by atoms with Crippen molar-refractivity contribution in [2.24, 2.45) is 7.05 Å². The number of benzene rings is 2. The molecule has 182 valence electrons. The zero-order valence-corrected chi connectivity index (χ0v) is 19.7. The third kappa shape index (κ3) is 5.18. The zero-order valence-electron chi connectivity index (χ0n) is 19.7. The lowest BCUT2D eigenvalue weighted by molar-refractivity contribution is -0.118. The predicted octanol–water partition coefficient (Wildman–Crippen LogP) is 4.15. The molecule has 1 atom stereocenters. The van der Waals surface area contributed by atoms with Crippen LogP contribution in [0.3, 0.4) is 0 Å². The van der Waals surface area contributed by atoms with Crippen molar-refractivity contribution in [3.8, 4) is 11.1 Å². The molecule has 0 fully saturated rings. The number of aromatic carboxylic acids is 1. The molecule has 3 aromatic rings. The van der Waals surface area contributed by atoms with Crippen molar-refractivity contribution < 1.29 is 24.2 Å². The van der Waals surface area contributed by atoms with E-state index in [0.717, 1.165) is 33.4 Å². The van der Waals surface area contributed by atoms with E-state index in [-0.39, 0.29) is 24.0 Å². The minimum absolute atomic E-state index is 0.0603. The molecule has 0 unspecified atom stereocenters. The molecule has 3 N–H and O–H groups in total. The first-order valence-corrected chi connectivity index (χ1v) is 11.6. The monoisotopic (exact) mass is 476 g/mol. The molecule has 0 radical (unpaired) electrons. The van der Waals surface area contributed by atoms with Gasteiger partial charge in [0.2, 0.25) is 5.91 Å². The van der Waals surface area contributed by atoms with Crippen molar-refractivity contribution in [2.75, 3.05) is 11.9 Å². The maximum atomic E-state index is 12.9. The fraction of sp³-hybridized carbons (Fsp3) is 0.308. The second-order valence-electron chi connectivity index (χ2n) is 8.50. The number of unbranched alkanes of at least 4 members (excludes halogenated alkanes) is 1. The van der Waals surface area contributed by atoms with E-state index in [0.29, 0.717) is 12.8 Å². The molecular formula is C26H28N4O5. The van der Waals surface area contributed by atoms with E-state index in [1.54, 1.807) is 0 Å². The number of nitrogens with one attached hydrogen (secondary N) is 2. The molecule has 4 rings (SSSR count). The van der Waals surface area contributed by atoms with Crippen LogP contribution in [0.5, 0.6) is 0 Å². The highest BCUT2D eigenvalue weighted by Crippen LogP contribution is 2.44. The second-order valence-corrected chi connectivity index (χ2v) is 8.50. The van der Waals surface area contributed by atoms with E-state index in [2.05, 4.69) is 27.9 Å². The van der Waals surface area contributed by atoms with Gasteiger partial charge in [0.15, 0.2) is 5.82 Å². The summed E-state index contributed by atoms with van der Waals surface area (Å²) in [5.74, 6) is -1.62. The van der Waals surface area contributed by atoms with Crippen LogP contribution in [0, 0.1) is 0 Å². The summed E-state index contributed by atoms with van der Waals surface area (Å²) in [5, 5.41) is 18.4. The van der Waals surface area contributed by atoms with Gasteiger partial charge in [-0.15, -0.1) is 0 Å². The van der Waals surface area contributed by atoms with Gasteiger partial charge in [-0.3, -0.25) is 9.48 Å². The number of anilines is 1. The van der Waals surface area contributed by atoms with Gasteiger partial charge in [0.25, 0.3) is 0 Å². The Morgan fingerprint density at radius 3 is 2.29 bits per heavy atom. The minimum Gasteiger partial charge on any atom is -0.477 e. The highest BCUT2D eigenvalue weighted by molar-refractivity contribution is 5.97. The molecular weight excluding hydrogens is 448 g/mol. The van der Waals surface area contributed by atoms with Gasteiger partial charge in [0.1, 0.15) is 18.3 Å². The molecule has 1 aliphatic rings. The van der Waals surface area contributed by atoms with Gasteiger partial charge in [0, 0.05) is 19.0 Å². The Morgan fingerprint density at radius 1 is 1.09 bits per heavy atom. The normalized spacial score (nSPS) is 13.0. The van der Waals surface area contributed by atoms with Crippen molar-refractivity contribution in [3.63, 3.8) is 0 Å². The van der Waals surface area contributed by atoms with Crippen molar-refractivity contribution >= 4 is 23.8 Å². The molecule has 2 amide bonds. The first-order valence-electron chi connectivity index (χ1n) is 11.6. The van der Waals surface area contributed by atoms with E-state index < -0.39 is 24.0 Å². The number of ether oxygens (including phenoxy) is 1. The van der Waals surface area contributed by atoms with Crippen LogP contribution in [0.15, 0.2) is 54.6 Å². The van der Waals surface area contributed by atoms with Crippen LogP contribution >= 0.6 is 0 Å². The standard InChI is InChI=1S/C26H28N4O5/c1-3-4-13-21(24(31)28-23-14-22(25(32)33)30(2)29-23)27-26(34)35-15-20-18-11-7-5-9-16(18)17-10-6-8-12-19(17)20/h5-12,14,20-21H,3-4,13,15H2,1-2H3,(H,27,34)(H,32,33)(H,28,29,31)/t21-/m0/s1. The highest BCUT2D eigenvalue weighted by atomic mass is 16.5. The van der Waals surface area contributed by atoms with Crippen LogP contribution in [0.2, 0.25) is 0 Å². The quantitative estimate of drug-likeness (QED) is 0.426. The van der Waals surface area contributed by atoms with Crippen LogP contribution < -0.4 is 10.6 Å². The first kappa shape index (κ1) is 24.0. The maximum absolute atomic E-state index is 12.9. The van der Waals surface area contributed by atoms with E-state index in [9.17, 15) is 19.5 Å². The van der Waals surface area contributed by atoms with E-state index in [1.165, 1.54) is 13.1 Å². The number of fused-ring (bicyclic) bond motifs is 3. The Kier molecular flexibility index (Phi) is 7.14. The number of hydrogen-bond acceptors (Lipinski definition) is 5. The summed E-state index contributed by atoms with van der Waals surface area (Å²) in [4.78, 5) is 36.8. The van der Waals surface area contributed by atoms with E-state index in [4.69, 9.17) is 4.74 Å². The van der Waals surface area contributed by atoms with Crippen LogP contribution in [0.1, 0.15) is 53.7 Å².